The van der Waals surface area contributed by atoms with Gasteiger partial charge in [0.1, 0.15) is 41.6 Å². The van der Waals surface area contributed by atoms with Gasteiger partial charge in [0.2, 0.25) is 17.7 Å². The first-order chi connectivity index (χ1) is 24.5. The molecule has 1 aromatic heterocycles. The Labute approximate surface area is 304 Å². The van der Waals surface area contributed by atoms with E-state index >= 15 is 0 Å². The van der Waals surface area contributed by atoms with E-state index in [-0.39, 0.29) is 11.8 Å². The van der Waals surface area contributed by atoms with Gasteiger partial charge in [0.25, 0.3) is 0 Å². The minimum atomic E-state index is -0.973. The Balaban J connectivity index is 1.35. The molecule has 1 saturated heterocycles. The molecule has 3 unspecified atom stereocenters. The smallest absolute Gasteiger partial charge is 0.410 e. The van der Waals surface area contributed by atoms with E-state index in [1.165, 1.54) is 30.3 Å². The summed E-state index contributed by atoms with van der Waals surface area (Å²) in [5, 5.41) is 12.1. The highest BCUT2D eigenvalue weighted by Crippen LogP contribution is 2.35. The molecule has 0 radical (unpaired) electrons. The molecule has 0 spiro atoms. The minimum absolute atomic E-state index is 0.343. The molecule has 0 saturated carbocycles. The Morgan fingerprint density at radius 1 is 0.962 bits per heavy atom. The monoisotopic (exact) mass is 711 g/mol. The first-order valence-corrected chi connectivity index (χ1v) is 17.4. The van der Waals surface area contributed by atoms with Crippen molar-refractivity contribution in [3.63, 3.8) is 0 Å². The van der Waals surface area contributed by atoms with Gasteiger partial charge in [-0.3, -0.25) is 19.3 Å². The Kier molecular flexibility index (Phi) is 10.9. The van der Waals surface area contributed by atoms with E-state index in [1.807, 2.05) is 63.2 Å². The number of anilines is 3. The summed E-state index contributed by atoms with van der Waals surface area (Å²) < 4.78 is 11.1. The quantitative estimate of drug-likeness (QED) is 0.183. The zero-order chi connectivity index (χ0) is 38.0. The van der Waals surface area contributed by atoms with Gasteiger partial charge in [0.05, 0.1) is 18.3 Å². The fraction of sp³-hybridized carbons (Fsp3) is 0.436. The van der Waals surface area contributed by atoms with Crippen molar-refractivity contribution in [1.82, 2.24) is 25.1 Å². The molecular formula is C39H49N7O6. The van der Waals surface area contributed by atoms with Gasteiger partial charge in [0.15, 0.2) is 0 Å². The molecule has 4 aromatic rings. The van der Waals surface area contributed by atoms with Crippen LogP contribution in [-0.4, -0.2) is 88.0 Å². The Hall–Kier alpha value is -5.46. The lowest BCUT2D eigenvalue weighted by molar-refractivity contribution is -0.143. The molecule has 52 heavy (non-hydrogen) atoms. The van der Waals surface area contributed by atoms with Crippen molar-refractivity contribution in [1.29, 1.82) is 0 Å². The highest BCUT2D eigenvalue weighted by atomic mass is 16.6. The lowest BCUT2D eigenvalue weighted by Crippen LogP contribution is -2.59. The average molecular weight is 712 g/mol. The topological polar surface area (TPSA) is 155 Å². The molecule has 2 heterocycles. The van der Waals surface area contributed by atoms with Crippen LogP contribution in [0.15, 0.2) is 60.9 Å². The molecule has 5 rings (SSSR count). The zero-order valence-corrected chi connectivity index (χ0v) is 31.4. The van der Waals surface area contributed by atoms with Crippen molar-refractivity contribution in [2.24, 2.45) is 5.41 Å². The van der Waals surface area contributed by atoms with Crippen molar-refractivity contribution in [2.75, 3.05) is 31.3 Å². The number of benzene rings is 3. The number of fused-ring (bicyclic) bond motifs is 2. The summed E-state index contributed by atoms with van der Waals surface area (Å²) in [5.74, 6) is -0.341. The minimum Gasteiger partial charge on any atom is -0.494 e. The Morgan fingerprint density at radius 2 is 1.67 bits per heavy atom. The molecule has 3 atom stereocenters. The van der Waals surface area contributed by atoms with Gasteiger partial charge in [-0.25, -0.2) is 14.8 Å². The summed E-state index contributed by atoms with van der Waals surface area (Å²) >= 11 is 0. The number of carbonyl (C=O) groups is 4. The molecule has 3 N–H and O–H groups in total. The van der Waals surface area contributed by atoms with Gasteiger partial charge in [-0.2, -0.15) is 0 Å². The van der Waals surface area contributed by atoms with Crippen molar-refractivity contribution in [2.45, 2.75) is 85.0 Å². The van der Waals surface area contributed by atoms with E-state index in [1.54, 1.807) is 39.8 Å². The lowest BCUT2D eigenvalue weighted by atomic mass is 9.85. The Bertz CT molecular complexity index is 1990. The molecule has 13 heteroatoms. The van der Waals surface area contributed by atoms with Gasteiger partial charge in [-0.15, -0.1) is 0 Å². The number of hydrogen-bond acceptors (Lipinski definition) is 9. The van der Waals surface area contributed by atoms with Crippen LogP contribution in [0.25, 0.3) is 21.7 Å². The second-order valence-electron chi connectivity index (χ2n) is 15.2. The first-order valence-electron chi connectivity index (χ1n) is 17.4. The van der Waals surface area contributed by atoms with Crippen molar-refractivity contribution in [3.8, 4) is 5.75 Å². The zero-order valence-electron chi connectivity index (χ0n) is 31.4. The number of ether oxygens (including phenoxy) is 2. The maximum absolute atomic E-state index is 14.2. The summed E-state index contributed by atoms with van der Waals surface area (Å²) in [6.45, 7) is 12.7. The van der Waals surface area contributed by atoms with E-state index in [9.17, 15) is 19.2 Å². The van der Waals surface area contributed by atoms with E-state index in [0.717, 1.165) is 16.5 Å². The molecular weight excluding hydrogens is 662 g/mol. The molecule has 3 aromatic carbocycles. The third-order valence-corrected chi connectivity index (χ3v) is 9.11. The van der Waals surface area contributed by atoms with E-state index < -0.39 is 41.1 Å². The molecule has 1 fully saturated rings. The van der Waals surface area contributed by atoms with E-state index in [2.05, 4.69) is 25.9 Å². The summed E-state index contributed by atoms with van der Waals surface area (Å²) in [7, 11) is 2.98. The average Bonchev–Trinajstić information content (AvgIpc) is 3.59. The number of methoxy groups -OCH3 is 1. The van der Waals surface area contributed by atoms with Gasteiger partial charge >= 0.3 is 6.09 Å². The van der Waals surface area contributed by atoms with Crippen LogP contribution in [0, 0.1) is 5.41 Å². The molecule has 1 aliphatic rings. The number of hydrogen-bond donors (Lipinski definition) is 3. The van der Waals surface area contributed by atoms with Gasteiger partial charge in [-0.05, 0) is 74.9 Å². The second-order valence-corrected chi connectivity index (χ2v) is 15.2. The molecule has 0 bridgehead atoms. The molecule has 13 nitrogen and oxygen atoms in total. The van der Waals surface area contributed by atoms with Crippen molar-refractivity contribution >= 4 is 62.7 Å². The molecule has 276 valence electrons. The summed E-state index contributed by atoms with van der Waals surface area (Å²) in [6, 6.07) is 14.9. The third kappa shape index (κ3) is 8.52. The largest absolute Gasteiger partial charge is 0.494 e. The highest BCUT2D eigenvalue weighted by molar-refractivity contribution is 6.03. The van der Waals surface area contributed by atoms with Crippen molar-refractivity contribution in [3.05, 3.63) is 60.9 Å². The van der Waals surface area contributed by atoms with Crippen LogP contribution >= 0.6 is 0 Å². The van der Waals surface area contributed by atoms with E-state index in [0.29, 0.717) is 47.5 Å². The van der Waals surface area contributed by atoms with Gasteiger partial charge in [0, 0.05) is 30.7 Å². The first kappa shape index (κ1) is 37.8. The van der Waals surface area contributed by atoms with Crippen molar-refractivity contribution < 1.29 is 28.7 Å². The maximum Gasteiger partial charge on any atom is 0.410 e. The number of carbonyl (C=O) groups excluding carboxylic acids is 4. The van der Waals surface area contributed by atoms with E-state index in [4.69, 9.17) is 9.47 Å². The molecule has 0 aliphatic carbocycles. The van der Waals surface area contributed by atoms with Gasteiger partial charge < -0.3 is 30.3 Å². The number of nitrogens with zero attached hydrogens (tertiary/aromatic N) is 4. The van der Waals surface area contributed by atoms with Crippen LogP contribution in [-0.2, 0) is 19.1 Å². The van der Waals surface area contributed by atoms with Crippen LogP contribution < -0.4 is 20.7 Å². The van der Waals surface area contributed by atoms with Crippen LogP contribution in [0.5, 0.6) is 5.75 Å². The standard InChI is InChI=1S/C39H49N7O6/c1-23(45(8)37(50)52-39(5,6)7)34(47)44-32(38(2,3)4)36(49)46-18-12-15-30(46)35(48)43-29-20-27-28(21-31(29)51-9)40-22-41-33(27)42-26-17-16-24-13-10-11-14-25(24)19-26/h10-11,13-14,16-17,19-23,30,32H,12,15,18H2,1-9H3,(H,43,48)(H,44,47)(H,40,41,42). The number of nitrogens with one attached hydrogen (secondary N) is 3. The Morgan fingerprint density at radius 3 is 2.35 bits per heavy atom. The number of rotatable bonds is 9. The lowest BCUT2D eigenvalue weighted by Gasteiger charge is -2.36. The summed E-state index contributed by atoms with van der Waals surface area (Å²) in [5.41, 5.74) is 0.401. The predicted octanol–water partition coefficient (Wildman–Crippen LogP) is 6.25. The maximum atomic E-state index is 14.2. The SMILES string of the molecule is COc1cc2ncnc(Nc3ccc4ccccc4c3)c2cc1NC(=O)C1CCCN1C(=O)C(NC(=O)C(C)N(C)C(=O)OC(C)(C)C)C(C)(C)C. The number of aromatic nitrogens is 2. The molecule has 4 amide bonds. The van der Waals surface area contributed by atoms with Crippen LogP contribution in [0.2, 0.25) is 0 Å². The van der Waals surface area contributed by atoms with Crippen LogP contribution in [0.3, 0.4) is 0 Å². The normalized spacial score (nSPS) is 15.9. The highest BCUT2D eigenvalue weighted by Gasteiger charge is 2.43. The van der Waals surface area contributed by atoms with Crippen LogP contribution in [0.1, 0.15) is 61.3 Å². The number of likely N-dealkylation sites (N-methyl/N-ethyl adjacent to an activating group) is 1. The van der Waals surface area contributed by atoms with Gasteiger partial charge in [-0.1, -0.05) is 51.1 Å². The fourth-order valence-electron chi connectivity index (χ4n) is 6.12. The van der Waals surface area contributed by atoms with Crippen LogP contribution in [0.4, 0.5) is 22.0 Å². The predicted molar refractivity (Wildman–Crippen MR) is 202 cm³/mol. The summed E-state index contributed by atoms with van der Waals surface area (Å²) in [4.78, 5) is 65.9. The fourth-order valence-corrected chi connectivity index (χ4v) is 6.12. The second kappa shape index (κ2) is 15.0. The third-order valence-electron chi connectivity index (χ3n) is 9.11. The molecule has 1 aliphatic heterocycles. The summed E-state index contributed by atoms with van der Waals surface area (Å²) in [6.07, 6.45) is 1.85. The number of amides is 4. The number of likely N-dealkylation sites (tertiary alicyclic amines) is 1.